The fourth-order valence-corrected chi connectivity index (χ4v) is 1.51. The number of nitrogens with two attached hydrogens (primary N) is 1. The van der Waals surface area contributed by atoms with E-state index in [4.69, 9.17) is 15.2 Å². The summed E-state index contributed by atoms with van der Waals surface area (Å²) in [4.78, 5) is 0. The van der Waals surface area contributed by atoms with E-state index >= 15 is 0 Å². The van der Waals surface area contributed by atoms with Crippen LogP contribution < -0.4 is 10.5 Å². The van der Waals surface area contributed by atoms with E-state index in [0.717, 1.165) is 6.61 Å². The van der Waals surface area contributed by atoms with Crippen molar-refractivity contribution in [3.8, 4) is 5.88 Å². The van der Waals surface area contributed by atoms with Gasteiger partial charge in [0.15, 0.2) is 0 Å². The van der Waals surface area contributed by atoms with Crippen LogP contribution >= 0.6 is 0 Å². The fraction of sp³-hybridized carbons (Fsp3) is 0.667. The van der Waals surface area contributed by atoms with E-state index in [2.05, 4.69) is 12.0 Å². The van der Waals surface area contributed by atoms with Crippen LogP contribution in [0.4, 0.5) is 5.69 Å². The highest BCUT2D eigenvalue weighted by atomic mass is 16.6. The van der Waals surface area contributed by atoms with Crippen LogP contribution in [-0.2, 0) is 11.8 Å². The van der Waals surface area contributed by atoms with Gasteiger partial charge in [0.1, 0.15) is 11.8 Å². The van der Waals surface area contributed by atoms with E-state index in [1.165, 1.54) is 0 Å². The summed E-state index contributed by atoms with van der Waals surface area (Å²) in [5, 5.41) is 4.12. The van der Waals surface area contributed by atoms with Gasteiger partial charge in [-0.25, -0.2) is 0 Å². The third kappa shape index (κ3) is 1.68. The normalized spacial score (nSPS) is 26.7. The third-order valence-electron chi connectivity index (χ3n) is 2.38. The summed E-state index contributed by atoms with van der Waals surface area (Å²) in [6.45, 7) is 3.46. The lowest BCUT2D eigenvalue weighted by molar-refractivity contribution is 0.134. The highest BCUT2D eigenvalue weighted by molar-refractivity contribution is 5.45. The highest BCUT2D eigenvalue weighted by Gasteiger charge is 2.27. The molecular weight excluding hydrogens is 182 g/mol. The van der Waals surface area contributed by atoms with Gasteiger partial charge < -0.3 is 15.2 Å². The van der Waals surface area contributed by atoms with Gasteiger partial charge in [0.2, 0.25) is 0 Å². The number of hydrogen-bond donors (Lipinski definition) is 1. The van der Waals surface area contributed by atoms with E-state index in [9.17, 15) is 0 Å². The Labute approximate surface area is 82.8 Å². The second-order valence-electron chi connectivity index (χ2n) is 3.73. The second kappa shape index (κ2) is 3.49. The molecule has 1 aliphatic heterocycles. The van der Waals surface area contributed by atoms with Crippen molar-refractivity contribution >= 4 is 5.69 Å². The van der Waals surface area contributed by atoms with Crippen molar-refractivity contribution in [3.63, 3.8) is 0 Å². The van der Waals surface area contributed by atoms with E-state index in [1.54, 1.807) is 10.9 Å². The molecule has 0 radical (unpaired) electrons. The van der Waals surface area contributed by atoms with Crippen molar-refractivity contribution in [1.29, 1.82) is 0 Å². The summed E-state index contributed by atoms with van der Waals surface area (Å²) in [5.41, 5.74) is 6.29. The second-order valence-corrected chi connectivity index (χ2v) is 3.73. The van der Waals surface area contributed by atoms with E-state index in [1.807, 2.05) is 7.05 Å². The Morgan fingerprint density at radius 2 is 2.43 bits per heavy atom. The van der Waals surface area contributed by atoms with Gasteiger partial charge in [0.25, 0.3) is 5.88 Å². The van der Waals surface area contributed by atoms with Gasteiger partial charge in [0.05, 0.1) is 19.4 Å². The minimum Gasteiger partial charge on any atom is -0.469 e. The maximum absolute atomic E-state index is 5.72. The third-order valence-corrected chi connectivity index (χ3v) is 2.38. The van der Waals surface area contributed by atoms with Crippen molar-refractivity contribution < 1.29 is 9.47 Å². The zero-order valence-corrected chi connectivity index (χ0v) is 8.43. The van der Waals surface area contributed by atoms with Crippen molar-refractivity contribution in [2.75, 3.05) is 18.9 Å². The molecule has 1 aliphatic rings. The number of aryl methyl sites for hydroxylation is 1. The highest BCUT2D eigenvalue weighted by Crippen LogP contribution is 2.23. The predicted molar refractivity (Wildman–Crippen MR) is 52.0 cm³/mol. The smallest absolute Gasteiger partial charge is 0.256 e. The van der Waals surface area contributed by atoms with Gasteiger partial charge in [0, 0.05) is 13.0 Å². The Bertz CT molecular complexity index is 324. The molecule has 1 fully saturated rings. The molecule has 5 nitrogen and oxygen atoms in total. The van der Waals surface area contributed by atoms with E-state index in [0.29, 0.717) is 24.1 Å². The van der Waals surface area contributed by atoms with E-state index in [-0.39, 0.29) is 6.10 Å². The van der Waals surface area contributed by atoms with Crippen LogP contribution in [0, 0.1) is 5.92 Å². The molecule has 0 spiro atoms. The van der Waals surface area contributed by atoms with Crippen molar-refractivity contribution in [1.82, 2.24) is 9.78 Å². The molecule has 0 aromatic carbocycles. The largest absolute Gasteiger partial charge is 0.469 e. The Hall–Kier alpha value is -1.23. The minimum absolute atomic E-state index is 0.0761. The lowest BCUT2D eigenvalue weighted by Gasteiger charge is -2.13. The van der Waals surface area contributed by atoms with Gasteiger partial charge in [-0.15, -0.1) is 5.10 Å². The molecular formula is C9H15N3O2. The first-order valence-electron chi connectivity index (χ1n) is 4.70. The summed E-state index contributed by atoms with van der Waals surface area (Å²) >= 11 is 0. The molecule has 14 heavy (non-hydrogen) atoms. The van der Waals surface area contributed by atoms with Crippen LogP contribution in [0.5, 0.6) is 5.88 Å². The SMILES string of the molecule is C[C@H]1COCC1Oc1nn(C)cc1N. The summed E-state index contributed by atoms with van der Waals surface area (Å²) in [6, 6.07) is 0. The Morgan fingerprint density at radius 3 is 2.93 bits per heavy atom. The Morgan fingerprint density at radius 1 is 1.64 bits per heavy atom. The lowest BCUT2D eigenvalue weighted by Crippen LogP contribution is -2.23. The summed E-state index contributed by atoms with van der Waals surface area (Å²) in [5.74, 6) is 0.909. The molecule has 2 atom stereocenters. The maximum atomic E-state index is 5.72. The molecule has 0 bridgehead atoms. The molecule has 2 heterocycles. The molecule has 2 rings (SSSR count). The van der Waals surface area contributed by atoms with Crippen molar-refractivity contribution in [2.45, 2.75) is 13.0 Å². The topological polar surface area (TPSA) is 62.3 Å². The number of nitrogen functional groups attached to an aromatic ring is 1. The zero-order chi connectivity index (χ0) is 10.1. The van der Waals surface area contributed by atoms with Gasteiger partial charge in [-0.3, -0.25) is 4.68 Å². The number of hydrogen-bond acceptors (Lipinski definition) is 4. The van der Waals surface area contributed by atoms with Crippen LogP contribution in [0.15, 0.2) is 6.20 Å². The quantitative estimate of drug-likeness (QED) is 0.746. The van der Waals surface area contributed by atoms with E-state index < -0.39 is 0 Å². The van der Waals surface area contributed by atoms with Crippen LogP contribution in [-0.4, -0.2) is 29.1 Å². The number of aromatic nitrogens is 2. The molecule has 5 heteroatoms. The molecule has 0 saturated carbocycles. The predicted octanol–water partition coefficient (Wildman–Crippen LogP) is 0.416. The molecule has 2 N–H and O–H groups in total. The number of rotatable bonds is 2. The monoisotopic (exact) mass is 197 g/mol. The molecule has 1 unspecified atom stereocenters. The summed E-state index contributed by atoms with van der Waals surface area (Å²) < 4.78 is 12.6. The average molecular weight is 197 g/mol. The first-order chi connectivity index (χ1) is 6.66. The van der Waals surface area contributed by atoms with Crippen molar-refractivity contribution in [2.24, 2.45) is 13.0 Å². The van der Waals surface area contributed by atoms with Gasteiger partial charge >= 0.3 is 0 Å². The van der Waals surface area contributed by atoms with Gasteiger partial charge in [-0.1, -0.05) is 6.92 Å². The molecule has 0 aliphatic carbocycles. The maximum Gasteiger partial charge on any atom is 0.256 e. The zero-order valence-electron chi connectivity index (χ0n) is 8.43. The lowest BCUT2D eigenvalue weighted by atomic mass is 10.1. The van der Waals surface area contributed by atoms with Crippen LogP contribution in [0.2, 0.25) is 0 Å². The number of nitrogens with zero attached hydrogens (tertiary/aromatic N) is 2. The molecule has 1 aromatic heterocycles. The van der Waals surface area contributed by atoms with Crippen molar-refractivity contribution in [3.05, 3.63) is 6.20 Å². The fourth-order valence-electron chi connectivity index (χ4n) is 1.51. The molecule has 0 amide bonds. The average Bonchev–Trinajstić information content (AvgIpc) is 2.62. The van der Waals surface area contributed by atoms with Gasteiger partial charge in [-0.2, -0.15) is 0 Å². The minimum atomic E-state index is 0.0761. The first-order valence-corrected chi connectivity index (χ1v) is 4.70. The Balaban J connectivity index is 2.06. The van der Waals surface area contributed by atoms with Crippen LogP contribution in [0.25, 0.3) is 0 Å². The standard InChI is InChI=1S/C9H15N3O2/c1-6-4-13-5-8(6)14-9-7(10)3-12(2)11-9/h3,6,8H,4-5,10H2,1-2H3/t6-,8?/m0/s1. The molecule has 78 valence electrons. The van der Waals surface area contributed by atoms with Gasteiger partial charge in [-0.05, 0) is 0 Å². The summed E-state index contributed by atoms with van der Waals surface area (Å²) in [7, 11) is 1.82. The summed E-state index contributed by atoms with van der Waals surface area (Å²) in [6.07, 6.45) is 1.81. The Kier molecular flexibility index (Phi) is 2.33. The number of anilines is 1. The first kappa shape index (κ1) is 9.33. The number of ether oxygens (including phenoxy) is 2. The van der Waals surface area contributed by atoms with Crippen LogP contribution in [0.1, 0.15) is 6.92 Å². The van der Waals surface area contributed by atoms with Crippen LogP contribution in [0.3, 0.4) is 0 Å². The molecule has 1 saturated heterocycles. The molecule has 1 aromatic rings.